The minimum absolute atomic E-state index is 0.296. The monoisotopic (exact) mass is 457 g/mol. The second-order valence-corrected chi connectivity index (χ2v) is 7.11. The molecule has 28 heavy (non-hydrogen) atoms. The number of rotatable bonds is 6. The maximum Gasteiger partial charge on any atom is 0.191 e. The first-order valence-corrected chi connectivity index (χ1v) is 9.62. The third kappa shape index (κ3) is 6.14. The van der Waals surface area contributed by atoms with E-state index in [9.17, 15) is 4.39 Å². The normalized spacial score (nSPS) is 10.6. The van der Waals surface area contributed by atoms with E-state index in [0.29, 0.717) is 23.2 Å². The molecule has 0 unspecified atom stereocenters. The number of hydrogen-bond acceptors (Lipinski definition) is 3. The highest BCUT2D eigenvalue weighted by Gasteiger charge is 2.04. The van der Waals surface area contributed by atoms with Crippen molar-refractivity contribution in [2.75, 3.05) is 5.32 Å². The number of anilines is 1. The number of nitrogens with zero attached hydrogens (tertiary/aromatic N) is 1. The maximum absolute atomic E-state index is 12.9. The summed E-state index contributed by atoms with van der Waals surface area (Å²) >= 11 is 8.64. The third-order valence-corrected chi connectivity index (χ3v) is 4.37. The average molecular weight is 458 g/mol. The van der Waals surface area contributed by atoms with E-state index in [1.165, 1.54) is 12.1 Å². The summed E-state index contributed by atoms with van der Waals surface area (Å²) < 4.78 is 19.8. The van der Waals surface area contributed by atoms with Gasteiger partial charge in [0.05, 0.1) is 6.21 Å². The highest BCUT2D eigenvalue weighted by molar-refractivity contribution is 9.10. The molecule has 0 radical (unpaired) electrons. The van der Waals surface area contributed by atoms with Crippen LogP contribution in [0.5, 0.6) is 5.75 Å². The molecule has 3 aromatic rings. The molecule has 2 N–H and O–H groups in total. The van der Waals surface area contributed by atoms with Crippen molar-refractivity contribution in [2.24, 2.45) is 5.10 Å². The average Bonchev–Trinajstić information content (AvgIpc) is 2.70. The van der Waals surface area contributed by atoms with Gasteiger partial charge in [-0.25, -0.2) is 4.39 Å². The minimum atomic E-state index is -0.305. The Kier molecular flexibility index (Phi) is 7.11. The van der Waals surface area contributed by atoms with Crippen LogP contribution in [-0.4, -0.2) is 11.3 Å². The molecule has 0 amide bonds. The standard InChI is InChI=1S/C21H17BrFN3OS/c22-17-6-11-20(27-14-15-4-2-1-3-5-15)16(12-17)13-24-26-21(28)25-19-9-7-18(23)8-10-19/h1-13H,14H2,(H2,25,26,28)/b24-13+. The Morgan fingerprint density at radius 3 is 2.57 bits per heavy atom. The molecular formula is C21H17BrFN3OS. The minimum Gasteiger partial charge on any atom is -0.488 e. The molecule has 0 aromatic heterocycles. The number of hydrazone groups is 1. The van der Waals surface area contributed by atoms with Gasteiger partial charge in [0.2, 0.25) is 0 Å². The predicted octanol–water partition coefficient (Wildman–Crippen LogP) is 5.49. The van der Waals surface area contributed by atoms with Crippen LogP contribution in [0.3, 0.4) is 0 Å². The van der Waals surface area contributed by atoms with Crippen molar-refractivity contribution in [3.63, 3.8) is 0 Å². The lowest BCUT2D eigenvalue weighted by Crippen LogP contribution is -2.23. The van der Waals surface area contributed by atoms with Gasteiger partial charge in [-0.2, -0.15) is 5.10 Å². The van der Waals surface area contributed by atoms with E-state index in [-0.39, 0.29) is 5.82 Å². The molecule has 0 aliphatic heterocycles. The predicted molar refractivity (Wildman–Crippen MR) is 118 cm³/mol. The fourth-order valence-electron chi connectivity index (χ4n) is 2.34. The number of thiocarbonyl (C=S) groups is 1. The molecule has 0 fully saturated rings. The molecular weight excluding hydrogens is 441 g/mol. The van der Waals surface area contributed by atoms with Gasteiger partial charge < -0.3 is 10.1 Å². The van der Waals surface area contributed by atoms with Crippen LogP contribution in [0, 0.1) is 5.82 Å². The zero-order valence-corrected chi connectivity index (χ0v) is 17.1. The summed E-state index contributed by atoms with van der Waals surface area (Å²) in [7, 11) is 0. The van der Waals surface area contributed by atoms with E-state index in [4.69, 9.17) is 17.0 Å². The van der Waals surface area contributed by atoms with Crippen LogP contribution in [-0.2, 0) is 6.61 Å². The molecule has 3 aromatic carbocycles. The first-order valence-electron chi connectivity index (χ1n) is 8.42. The van der Waals surface area contributed by atoms with E-state index in [1.54, 1.807) is 18.3 Å². The smallest absolute Gasteiger partial charge is 0.191 e. The number of ether oxygens (including phenoxy) is 1. The summed E-state index contributed by atoms with van der Waals surface area (Å²) in [5, 5.41) is 7.38. The topological polar surface area (TPSA) is 45.7 Å². The molecule has 142 valence electrons. The summed E-state index contributed by atoms with van der Waals surface area (Å²) in [6.07, 6.45) is 1.63. The Labute approximate surface area is 176 Å². The Bertz CT molecular complexity index is 965. The molecule has 0 bridgehead atoms. The van der Waals surface area contributed by atoms with Gasteiger partial charge in [0.25, 0.3) is 0 Å². The van der Waals surface area contributed by atoms with E-state index in [1.807, 2.05) is 48.5 Å². The third-order valence-electron chi connectivity index (χ3n) is 3.68. The van der Waals surface area contributed by atoms with Gasteiger partial charge in [0.15, 0.2) is 5.11 Å². The molecule has 3 rings (SSSR count). The largest absolute Gasteiger partial charge is 0.488 e. The molecule has 0 aliphatic rings. The highest BCUT2D eigenvalue weighted by atomic mass is 79.9. The van der Waals surface area contributed by atoms with Crippen LogP contribution in [0.4, 0.5) is 10.1 Å². The summed E-state index contributed by atoms with van der Waals surface area (Å²) in [6.45, 7) is 0.460. The maximum atomic E-state index is 12.9. The zero-order valence-electron chi connectivity index (χ0n) is 14.7. The van der Waals surface area contributed by atoms with Crippen LogP contribution in [0.15, 0.2) is 82.4 Å². The summed E-state index contributed by atoms with van der Waals surface area (Å²) in [5.74, 6) is 0.398. The number of nitrogens with one attached hydrogen (secondary N) is 2. The van der Waals surface area contributed by atoms with E-state index >= 15 is 0 Å². The quantitative estimate of drug-likeness (QED) is 0.292. The van der Waals surface area contributed by atoms with Crippen molar-refractivity contribution in [3.8, 4) is 5.75 Å². The van der Waals surface area contributed by atoms with Crippen molar-refractivity contribution < 1.29 is 9.13 Å². The lowest BCUT2D eigenvalue weighted by molar-refractivity contribution is 0.306. The lowest BCUT2D eigenvalue weighted by Gasteiger charge is -2.10. The summed E-state index contributed by atoms with van der Waals surface area (Å²) in [4.78, 5) is 0. The fourth-order valence-corrected chi connectivity index (χ4v) is 2.89. The van der Waals surface area contributed by atoms with Gasteiger partial charge in [-0.15, -0.1) is 0 Å². The molecule has 7 heteroatoms. The van der Waals surface area contributed by atoms with Gasteiger partial charge >= 0.3 is 0 Å². The molecule has 0 aliphatic carbocycles. The number of halogens is 2. The van der Waals surface area contributed by atoms with Crippen molar-refractivity contribution in [1.82, 2.24) is 5.43 Å². The van der Waals surface area contributed by atoms with Crippen LogP contribution >= 0.6 is 28.1 Å². The van der Waals surface area contributed by atoms with Gasteiger partial charge in [-0.3, -0.25) is 5.43 Å². The lowest BCUT2D eigenvalue weighted by atomic mass is 10.2. The SMILES string of the molecule is Fc1ccc(NC(=S)N/N=C/c2cc(Br)ccc2OCc2ccccc2)cc1. The van der Waals surface area contributed by atoms with Crippen LogP contribution in [0.1, 0.15) is 11.1 Å². The highest BCUT2D eigenvalue weighted by Crippen LogP contribution is 2.22. The van der Waals surface area contributed by atoms with E-state index < -0.39 is 0 Å². The van der Waals surface area contributed by atoms with Crippen LogP contribution in [0.2, 0.25) is 0 Å². The Balaban J connectivity index is 1.61. The fraction of sp³-hybridized carbons (Fsp3) is 0.0476. The van der Waals surface area contributed by atoms with E-state index in [2.05, 4.69) is 31.8 Å². The summed E-state index contributed by atoms with van der Waals surface area (Å²) in [5.41, 5.74) is 5.28. The first-order chi connectivity index (χ1) is 13.6. The van der Waals surface area contributed by atoms with Gasteiger partial charge in [0.1, 0.15) is 18.2 Å². The van der Waals surface area contributed by atoms with E-state index in [0.717, 1.165) is 15.6 Å². The van der Waals surface area contributed by atoms with Gasteiger partial charge in [0, 0.05) is 15.7 Å². The van der Waals surface area contributed by atoms with Crippen molar-refractivity contribution in [2.45, 2.75) is 6.61 Å². The zero-order chi connectivity index (χ0) is 19.8. The molecule has 0 spiro atoms. The number of hydrogen-bond donors (Lipinski definition) is 2. The molecule has 4 nitrogen and oxygen atoms in total. The summed E-state index contributed by atoms with van der Waals surface area (Å²) in [6, 6.07) is 21.5. The van der Waals surface area contributed by atoms with Gasteiger partial charge in [-0.05, 0) is 60.2 Å². The molecule has 0 saturated carbocycles. The van der Waals surface area contributed by atoms with Crippen LogP contribution < -0.4 is 15.5 Å². The Morgan fingerprint density at radius 1 is 1.07 bits per heavy atom. The van der Waals surface area contributed by atoms with Crippen molar-refractivity contribution in [1.29, 1.82) is 0 Å². The second kappa shape index (κ2) is 9.96. The van der Waals surface area contributed by atoms with Crippen LogP contribution in [0.25, 0.3) is 0 Å². The molecule has 0 saturated heterocycles. The van der Waals surface area contributed by atoms with Crippen molar-refractivity contribution in [3.05, 3.63) is 94.2 Å². The Hall–Kier alpha value is -2.77. The first kappa shape index (κ1) is 20.0. The molecule has 0 atom stereocenters. The second-order valence-electron chi connectivity index (χ2n) is 5.79. The number of benzene rings is 3. The Morgan fingerprint density at radius 2 is 1.82 bits per heavy atom. The molecule has 0 heterocycles. The van der Waals surface area contributed by atoms with Gasteiger partial charge in [-0.1, -0.05) is 46.3 Å². The van der Waals surface area contributed by atoms with Crippen molar-refractivity contribution >= 4 is 45.2 Å².